The zero-order valence-electron chi connectivity index (χ0n) is 16.0. The highest BCUT2D eigenvalue weighted by Gasteiger charge is 2.21. The van der Waals surface area contributed by atoms with E-state index in [1.807, 2.05) is 40.0 Å². The van der Waals surface area contributed by atoms with E-state index in [4.69, 9.17) is 11.6 Å². The van der Waals surface area contributed by atoms with Crippen molar-refractivity contribution in [1.29, 1.82) is 0 Å². The van der Waals surface area contributed by atoms with E-state index in [9.17, 15) is 9.59 Å². The Labute approximate surface area is 178 Å². The number of piperidine rings is 1. The Morgan fingerprint density at radius 3 is 2.66 bits per heavy atom. The minimum absolute atomic E-state index is 0.0581. The van der Waals surface area contributed by atoms with E-state index < -0.39 is 0 Å². The number of aromatic nitrogens is 2. The number of hydrogen-bond donors (Lipinski definition) is 1. The lowest BCUT2D eigenvalue weighted by atomic mass is 10.1. The zero-order valence-corrected chi connectivity index (χ0v) is 17.6. The summed E-state index contributed by atoms with van der Waals surface area (Å²) in [5.41, 5.74) is 2.07. The van der Waals surface area contributed by atoms with Crippen molar-refractivity contribution in [3.63, 3.8) is 0 Å². The summed E-state index contributed by atoms with van der Waals surface area (Å²) in [4.78, 5) is 31.8. The number of nitrogens with zero attached hydrogens (tertiary/aromatic N) is 3. The van der Waals surface area contributed by atoms with Crippen LogP contribution in [-0.4, -0.2) is 45.4 Å². The molecular weight excluding hydrogens is 408 g/mol. The number of anilines is 1. The molecule has 2 aromatic heterocycles. The fourth-order valence-corrected chi connectivity index (χ4v) is 4.34. The molecule has 1 fully saturated rings. The molecule has 8 heteroatoms. The third-order valence-corrected chi connectivity index (χ3v) is 5.98. The van der Waals surface area contributed by atoms with E-state index in [1.165, 1.54) is 11.8 Å². The molecule has 1 saturated heterocycles. The van der Waals surface area contributed by atoms with Crippen LogP contribution in [0.5, 0.6) is 0 Å². The number of nitrogens with one attached hydrogen (secondary N) is 1. The number of thioether (sulfide) groups is 1. The summed E-state index contributed by atoms with van der Waals surface area (Å²) < 4.78 is 1.88. The van der Waals surface area contributed by atoms with Crippen LogP contribution in [0.1, 0.15) is 40.1 Å². The van der Waals surface area contributed by atoms with Gasteiger partial charge in [0.1, 0.15) is 0 Å². The molecule has 2 amide bonds. The van der Waals surface area contributed by atoms with Crippen LogP contribution in [0.25, 0.3) is 5.52 Å². The van der Waals surface area contributed by atoms with Gasteiger partial charge in [-0.05, 0) is 55.9 Å². The van der Waals surface area contributed by atoms with E-state index in [0.717, 1.165) is 43.0 Å². The van der Waals surface area contributed by atoms with Gasteiger partial charge in [0, 0.05) is 25.0 Å². The van der Waals surface area contributed by atoms with Gasteiger partial charge in [0.25, 0.3) is 11.8 Å². The molecule has 0 spiro atoms. The number of benzene rings is 1. The first-order valence-electron chi connectivity index (χ1n) is 9.50. The molecule has 1 aliphatic heterocycles. The largest absolute Gasteiger partial charge is 0.339 e. The summed E-state index contributed by atoms with van der Waals surface area (Å²) in [5, 5.41) is 3.91. The number of halogens is 1. The Bertz CT molecular complexity index is 1080. The Balaban J connectivity index is 1.55. The molecule has 29 heavy (non-hydrogen) atoms. The van der Waals surface area contributed by atoms with Crippen LogP contribution in [0.15, 0.2) is 47.8 Å². The van der Waals surface area contributed by atoms with Gasteiger partial charge < -0.3 is 10.2 Å². The molecule has 0 radical (unpaired) electrons. The number of carbonyl (C=O) groups is 2. The lowest BCUT2D eigenvalue weighted by Gasteiger charge is -2.27. The molecule has 1 aromatic carbocycles. The van der Waals surface area contributed by atoms with Crippen molar-refractivity contribution in [3.8, 4) is 0 Å². The highest BCUT2D eigenvalue weighted by Crippen LogP contribution is 2.25. The summed E-state index contributed by atoms with van der Waals surface area (Å²) in [6, 6.07) is 10.6. The van der Waals surface area contributed by atoms with Crippen LogP contribution in [0.3, 0.4) is 0 Å². The van der Waals surface area contributed by atoms with Crippen LogP contribution >= 0.6 is 23.4 Å². The zero-order chi connectivity index (χ0) is 20.4. The monoisotopic (exact) mass is 428 g/mol. The molecule has 0 bridgehead atoms. The lowest BCUT2D eigenvalue weighted by molar-refractivity contribution is 0.0724. The quantitative estimate of drug-likeness (QED) is 0.617. The van der Waals surface area contributed by atoms with E-state index in [1.54, 1.807) is 18.2 Å². The van der Waals surface area contributed by atoms with Gasteiger partial charge >= 0.3 is 0 Å². The van der Waals surface area contributed by atoms with E-state index in [0.29, 0.717) is 22.0 Å². The standard InChI is InChI=1S/C21H21ClN4O2S/c1-29-21-24-18(17-7-3-6-12-26(17)21)19(27)23-14-8-9-15(16(22)13-14)20(28)25-10-4-2-5-11-25/h3,6-9,12-13H,2,4-5,10-11H2,1H3,(H,23,27). The van der Waals surface area contributed by atoms with E-state index in [2.05, 4.69) is 10.3 Å². The predicted octanol–water partition coefficient (Wildman–Crippen LogP) is 4.59. The number of rotatable bonds is 4. The maximum Gasteiger partial charge on any atom is 0.276 e. The third-order valence-electron chi connectivity index (χ3n) is 5.01. The minimum atomic E-state index is -0.319. The van der Waals surface area contributed by atoms with Gasteiger partial charge in [-0.3, -0.25) is 14.0 Å². The summed E-state index contributed by atoms with van der Waals surface area (Å²) in [7, 11) is 0. The van der Waals surface area contributed by atoms with Crippen molar-refractivity contribution in [2.75, 3.05) is 24.7 Å². The topological polar surface area (TPSA) is 66.7 Å². The minimum Gasteiger partial charge on any atom is -0.339 e. The maximum atomic E-state index is 12.8. The SMILES string of the molecule is CSc1nc(C(=O)Nc2ccc(C(=O)N3CCCCC3)c(Cl)c2)c2ccccn12. The number of hydrogen-bond acceptors (Lipinski definition) is 4. The summed E-state index contributed by atoms with van der Waals surface area (Å²) >= 11 is 7.85. The molecule has 0 aliphatic carbocycles. The number of amides is 2. The highest BCUT2D eigenvalue weighted by atomic mass is 35.5. The Hall–Kier alpha value is -2.51. The molecule has 3 aromatic rings. The molecule has 1 aliphatic rings. The maximum absolute atomic E-state index is 12.8. The number of likely N-dealkylation sites (tertiary alicyclic amines) is 1. The molecule has 0 atom stereocenters. The number of carbonyl (C=O) groups excluding carboxylic acids is 2. The smallest absolute Gasteiger partial charge is 0.276 e. The summed E-state index contributed by atoms with van der Waals surface area (Å²) in [6.07, 6.45) is 7.00. The van der Waals surface area contributed by atoms with E-state index >= 15 is 0 Å². The van der Waals surface area contributed by atoms with Crippen molar-refractivity contribution in [2.24, 2.45) is 0 Å². The highest BCUT2D eigenvalue weighted by molar-refractivity contribution is 7.98. The van der Waals surface area contributed by atoms with Crippen molar-refractivity contribution >= 4 is 46.4 Å². The van der Waals surface area contributed by atoms with Crippen LogP contribution in [0, 0.1) is 0 Å². The fraction of sp³-hybridized carbons (Fsp3) is 0.286. The lowest BCUT2D eigenvalue weighted by Crippen LogP contribution is -2.35. The molecule has 0 unspecified atom stereocenters. The number of imidazole rings is 1. The Morgan fingerprint density at radius 2 is 1.93 bits per heavy atom. The molecule has 4 rings (SSSR count). The van der Waals surface area contributed by atoms with Gasteiger partial charge in [-0.1, -0.05) is 29.4 Å². The fourth-order valence-electron chi connectivity index (χ4n) is 3.54. The normalized spacial score (nSPS) is 14.2. The van der Waals surface area contributed by atoms with Crippen molar-refractivity contribution < 1.29 is 9.59 Å². The number of pyridine rings is 1. The van der Waals surface area contributed by atoms with Crippen LogP contribution < -0.4 is 5.32 Å². The second-order valence-electron chi connectivity index (χ2n) is 6.90. The molecule has 1 N–H and O–H groups in total. The number of fused-ring (bicyclic) bond motifs is 1. The second-order valence-corrected chi connectivity index (χ2v) is 8.09. The Morgan fingerprint density at radius 1 is 1.14 bits per heavy atom. The average Bonchev–Trinajstić information content (AvgIpc) is 3.13. The molecule has 0 saturated carbocycles. The van der Waals surface area contributed by atoms with Crippen molar-refractivity contribution in [2.45, 2.75) is 24.4 Å². The molecule has 150 valence electrons. The first-order chi connectivity index (χ1) is 14.1. The average molecular weight is 429 g/mol. The second kappa shape index (κ2) is 8.47. The Kier molecular flexibility index (Phi) is 5.78. The van der Waals surface area contributed by atoms with Crippen LogP contribution in [0.4, 0.5) is 5.69 Å². The van der Waals surface area contributed by atoms with Gasteiger partial charge in [0.2, 0.25) is 0 Å². The summed E-state index contributed by atoms with van der Waals surface area (Å²) in [5.74, 6) is -0.377. The molecule has 3 heterocycles. The predicted molar refractivity (Wildman–Crippen MR) is 116 cm³/mol. The van der Waals surface area contributed by atoms with Crippen LogP contribution in [-0.2, 0) is 0 Å². The first-order valence-corrected chi connectivity index (χ1v) is 11.1. The first kappa shape index (κ1) is 19.8. The van der Waals surface area contributed by atoms with Crippen molar-refractivity contribution in [3.05, 3.63) is 58.9 Å². The molecule has 6 nitrogen and oxygen atoms in total. The third kappa shape index (κ3) is 3.97. The van der Waals surface area contributed by atoms with Gasteiger partial charge in [0.15, 0.2) is 10.9 Å². The van der Waals surface area contributed by atoms with Gasteiger partial charge in [0.05, 0.1) is 16.1 Å². The van der Waals surface area contributed by atoms with Gasteiger partial charge in [-0.15, -0.1) is 0 Å². The van der Waals surface area contributed by atoms with Crippen LogP contribution in [0.2, 0.25) is 5.02 Å². The van der Waals surface area contributed by atoms with Gasteiger partial charge in [-0.2, -0.15) is 0 Å². The molecular formula is C21H21ClN4O2S. The van der Waals surface area contributed by atoms with Gasteiger partial charge in [-0.25, -0.2) is 4.98 Å². The van der Waals surface area contributed by atoms with Crippen molar-refractivity contribution in [1.82, 2.24) is 14.3 Å². The summed E-state index contributed by atoms with van der Waals surface area (Å²) in [6.45, 7) is 1.53. The van der Waals surface area contributed by atoms with E-state index in [-0.39, 0.29) is 11.8 Å².